The monoisotopic (exact) mass is 349 g/mol. The predicted octanol–water partition coefficient (Wildman–Crippen LogP) is 3.23. The van der Waals surface area contributed by atoms with Crippen molar-refractivity contribution >= 4 is 10.0 Å². The Hall–Kier alpha value is -2.79. The van der Waals surface area contributed by atoms with Crippen LogP contribution in [0.5, 0.6) is 0 Å². The summed E-state index contributed by atoms with van der Waals surface area (Å²) in [5.74, 6) is 11.2. The molecule has 0 aliphatic rings. The van der Waals surface area contributed by atoms with Crippen molar-refractivity contribution in [1.29, 1.82) is 0 Å². The minimum Gasteiger partial charge on any atom is -0.207 e. The average molecular weight is 349 g/mol. The molecule has 4 heteroatoms. The SMILES string of the molecule is C=CCN(CC#CC#Cc1ccccc1)S(=O)(=O)c1ccc(C)cc1. The first-order valence-corrected chi connectivity index (χ1v) is 9.19. The van der Waals surface area contributed by atoms with E-state index in [4.69, 9.17) is 0 Å². The van der Waals surface area contributed by atoms with E-state index < -0.39 is 10.0 Å². The van der Waals surface area contributed by atoms with Crippen LogP contribution in [0, 0.1) is 30.6 Å². The van der Waals surface area contributed by atoms with Crippen molar-refractivity contribution in [3.8, 4) is 23.7 Å². The second kappa shape index (κ2) is 8.89. The van der Waals surface area contributed by atoms with Gasteiger partial charge in [-0.3, -0.25) is 0 Å². The molecule has 0 aliphatic heterocycles. The third-order valence-corrected chi connectivity index (χ3v) is 5.20. The van der Waals surface area contributed by atoms with Crippen LogP contribution in [0.15, 0.2) is 72.1 Å². The summed E-state index contributed by atoms with van der Waals surface area (Å²) in [6, 6.07) is 16.2. The first kappa shape index (κ1) is 18.5. The molecule has 0 aromatic heterocycles. The maximum atomic E-state index is 12.7. The van der Waals surface area contributed by atoms with Gasteiger partial charge in [-0.2, -0.15) is 4.31 Å². The Bertz CT molecular complexity index is 938. The van der Waals surface area contributed by atoms with Gasteiger partial charge < -0.3 is 0 Å². The van der Waals surface area contributed by atoms with E-state index in [1.165, 1.54) is 4.31 Å². The lowest BCUT2D eigenvalue weighted by Gasteiger charge is -2.18. The standard InChI is InChI=1S/C21H19NO2S/c1-3-17-22(25(23,24)21-15-13-19(2)14-16-21)18-9-5-8-12-20-10-6-4-7-11-20/h3-4,6-7,10-11,13-16H,1,17-18H2,2H3. The number of nitrogens with zero attached hydrogens (tertiary/aromatic N) is 1. The zero-order valence-corrected chi connectivity index (χ0v) is 14.9. The molecule has 0 atom stereocenters. The van der Waals surface area contributed by atoms with Gasteiger partial charge in [-0.15, -0.1) is 6.58 Å². The van der Waals surface area contributed by atoms with Crippen LogP contribution in [-0.2, 0) is 10.0 Å². The molecule has 0 aliphatic carbocycles. The van der Waals surface area contributed by atoms with Gasteiger partial charge in [-0.25, -0.2) is 8.42 Å². The Morgan fingerprint density at radius 3 is 2.36 bits per heavy atom. The Morgan fingerprint density at radius 2 is 1.72 bits per heavy atom. The third-order valence-electron chi connectivity index (χ3n) is 3.38. The minimum atomic E-state index is -3.61. The second-order valence-electron chi connectivity index (χ2n) is 5.32. The highest BCUT2D eigenvalue weighted by Gasteiger charge is 2.22. The lowest BCUT2D eigenvalue weighted by atomic mass is 10.2. The van der Waals surface area contributed by atoms with E-state index >= 15 is 0 Å². The molecule has 2 aromatic rings. The molecule has 2 aromatic carbocycles. The van der Waals surface area contributed by atoms with Gasteiger partial charge in [0.15, 0.2) is 0 Å². The lowest BCUT2D eigenvalue weighted by molar-refractivity contribution is 0.478. The van der Waals surface area contributed by atoms with E-state index in [0.717, 1.165) is 11.1 Å². The first-order valence-electron chi connectivity index (χ1n) is 7.75. The molecular formula is C21H19NO2S. The molecule has 0 heterocycles. The van der Waals surface area contributed by atoms with Gasteiger partial charge in [-0.1, -0.05) is 53.8 Å². The number of hydrogen-bond acceptors (Lipinski definition) is 2. The van der Waals surface area contributed by atoms with Crippen molar-refractivity contribution < 1.29 is 8.42 Å². The summed E-state index contributed by atoms with van der Waals surface area (Å²) in [5.41, 5.74) is 1.87. The second-order valence-corrected chi connectivity index (χ2v) is 7.26. The summed E-state index contributed by atoms with van der Waals surface area (Å²) in [5, 5.41) is 0. The average Bonchev–Trinajstić information content (AvgIpc) is 2.61. The van der Waals surface area contributed by atoms with Gasteiger partial charge in [0.25, 0.3) is 0 Å². The largest absolute Gasteiger partial charge is 0.244 e. The maximum absolute atomic E-state index is 12.7. The highest BCUT2D eigenvalue weighted by Crippen LogP contribution is 2.15. The topological polar surface area (TPSA) is 37.4 Å². The summed E-state index contributed by atoms with van der Waals surface area (Å²) >= 11 is 0. The maximum Gasteiger partial charge on any atom is 0.244 e. The molecule has 0 N–H and O–H groups in total. The Kier molecular flexibility index (Phi) is 6.60. The Morgan fingerprint density at radius 1 is 1.04 bits per heavy atom. The first-order chi connectivity index (χ1) is 12.0. The van der Waals surface area contributed by atoms with Crippen molar-refractivity contribution in [1.82, 2.24) is 4.31 Å². The van der Waals surface area contributed by atoms with Crippen molar-refractivity contribution in [3.63, 3.8) is 0 Å². The summed E-state index contributed by atoms with van der Waals surface area (Å²) < 4.78 is 26.7. The van der Waals surface area contributed by atoms with Crippen LogP contribution in [-0.4, -0.2) is 25.8 Å². The molecule has 0 amide bonds. The fourth-order valence-electron chi connectivity index (χ4n) is 2.05. The molecule has 0 radical (unpaired) electrons. The van der Waals surface area contributed by atoms with E-state index in [1.54, 1.807) is 30.3 Å². The highest BCUT2D eigenvalue weighted by molar-refractivity contribution is 7.89. The van der Waals surface area contributed by atoms with E-state index in [0.29, 0.717) is 0 Å². The zero-order chi connectivity index (χ0) is 18.1. The molecule has 0 spiro atoms. The van der Waals surface area contributed by atoms with E-state index in [-0.39, 0.29) is 18.0 Å². The molecule has 2 rings (SSSR count). The van der Waals surface area contributed by atoms with Gasteiger partial charge in [0.05, 0.1) is 11.4 Å². The number of rotatable bonds is 5. The number of hydrogen-bond donors (Lipinski definition) is 0. The van der Waals surface area contributed by atoms with Crippen LogP contribution in [0.25, 0.3) is 0 Å². The minimum absolute atomic E-state index is 0.0612. The van der Waals surface area contributed by atoms with Gasteiger partial charge >= 0.3 is 0 Å². The number of benzene rings is 2. The highest BCUT2D eigenvalue weighted by atomic mass is 32.2. The van der Waals surface area contributed by atoms with Crippen LogP contribution in [0.1, 0.15) is 11.1 Å². The van der Waals surface area contributed by atoms with Crippen molar-refractivity contribution in [2.45, 2.75) is 11.8 Å². The van der Waals surface area contributed by atoms with Crippen molar-refractivity contribution in [3.05, 3.63) is 78.4 Å². The van der Waals surface area contributed by atoms with Crippen LogP contribution >= 0.6 is 0 Å². The van der Waals surface area contributed by atoms with Crippen LogP contribution < -0.4 is 0 Å². The number of sulfonamides is 1. The quantitative estimate of drug-likeness (QED) is 0.614. The van der Waals surface area contributed by atoms with Crippen molar-refractivity contribution in [2.75, 3.05) is 13.1 Å². The van der Waals surface area contributed by atoms with Crippen LogP contribution in [0.3, 0.4) is 0 Å². The zero-order valence-electron chi connectivity index (χ0n) is 14.1. The number of aryl methyl sites for hydroxylation is 1. The fourth-order valence-corrected chi connectivity index (χ4v) is 3.36. The molecule has 0 unspecified atom stereocenters. The van der Waals surface area contributed by atoms with Crippen LogP contribution in [0.2, 0.25) is 0 Å². The molecule has 0 saturated carbocycles. The smallest absolute Gasteiger partial charge is 0.207 e. The molecule has 25 heavy (non-hydrogen) atoms. The molecule has 0 fully saturated rings. The van der Waals surface area contributed by atoms with E-state index in [2.05, 4.69) is 30.3 Å². The fraction of sp³-hybridized carbons (Fsp3) is 0.143. The summed E-state index contributed by atoms with van der Waals surface area (Å²) in [7, 11) is -3.61. The van der Waals surface area contributed by atoms with E-state index in [9.17, 15) is 8.42 Å². The molecular weight excluding hydrogens is 330 g/mol. The Balaban J connectivity index is 2.14. The molecule has 0 saturated heterocycles. The summed E-state index contributed by atoms with van der Waals surface area (Å²) in [6.45, 7) is 5.79. The molecule has 0 bridgehead atoms. The normalized spacial score (nSPS) is 10.3. The van der Waals surface area contributed by atoms with Gasteiger partial charge in [0.2, 0.25) is 10.0 Å². The molecule has 3 nitrogen and oxygen atoms in total. The van der Waals surface area contributed by atoms with Gasteiger partial charge in [0, 0.05) is 12.1 Å². The van der Waals surface area contributed by atoms with E-state index in [1.807, 2.05) is 37.3 Å². The van der Waals surface area contributed by atoms with Gasteiger partial charge in [-0.05, 0) is 43.0 Å². The van der Waals surface area contributed by atoms with Gasteiger partial charge in [0.1, 0.15) is 0 Å². The lowest BCUT2D eigenvalue weighted by Crippen LogP contribution is -2.31. The van der Waals surface area contributed by atoms with Crippen molar-refractivity contribution in [2.24, 2.45) is 0 Å². The summed E-state index contributed by atoms with van der Waals surface area (Å²) in [6.07, 6.45) is 1.54. The van der Waals surface area contributed by atoms with Crippen LogP contribution in [0.4, 0.5) is 0 Å². The summed E-state index contributed by atoms with van der Waals surface area (Å²) in [4.78, 5) is 0.247. The Labute approximate surface area is 150 Å². The predicted molar refractivity (Wildman–Crippen MR) is 101 cm³/mol. The molecule has 126 valence electrons. The third kappa shape index (κ3) is 5.36.